The Labute approximate surface area is 83.7 Å². The van der Waals surface area contributed by atoms with Gasteiger partial charge in [0.05, 0.1) is 14.9 Å². The van der Waals surface area contributed by atoms with Crippen LogP contribution in [0.15, 0.2) is 15.9 Å². The number of aliphatic hydroxyl groups is 1. The summed E-state index contributed by atoms with van der Waals surface area (Å²) in [4.78, 5) is 0. The smallest absolute Gasteiger partial charge is 0.0895 e. The lowest BCUT2D eigenvalue weighted by molar-refractivity contribution is 0.196. The van der Waals surface area contributed by atoms with Crippen molar-refractivity contribution in [1.82, 2.24) is 0 Å². The molecule has 0 aliphatic heterocycles. The van der Waals surface area contributed by atoms with Gasteiger partial charge in [0.15, 0.2) is 0 Å². The van der Waals surface area contributed by atoms with E-state index in [1.54, 1.807) is 11.3 Å². The molecule has 1 heterocycles. The highest BCUT2D eigenvalue weighted by Gasteiger charge is 2.01. The molecule has 0 aromatic carbocycles. The highest BCUT2D eigenvalue weighted by atomic mass is 79.9. The molecular weight excluding hydrogens is 240 g/mol. The summed E-state index contributed by atoms with van der Waals surface area (Å²) in [5, 5.41) is 13.2. The Kier molecular flexibility index (Phi) is 4.00. The van der Waals surface area contributed by atoms with E-state index in [1.807, 2.05) is 12.1 Å². The van der Waals surface area contributed by atoms with Gasteiger partial charge >= 0.3 is 0 Å². The van der Waals surface area contributed by atoms with Gasteiger partial charge in [0, 0.05) is 13.1 Å². The van der Waals surface area contributed by atoms with Gasteiger partial charge in [0.2, 0.25) is 0 Å². The second kappa shape index (κ2) is 4.81. The topological polar surface area (TPSA) is 58.3 Å². The predicted octanol–water partition coefficient (Wildman–Crippen LogP) is 1.24. The first-order valence-electron chi connectivity index (χ1n) is 3.59. The van der Waals surface area contributed by atoms with Crippen molar-refractivity contribution in [2.75, 3.05) is 18.4 Å². The Morgan fingerprint density at radius 2 is 2.42 bits per heavy atom. The molecule has 0 amide bonds. The maximum Gasteiger partial charge on any atom is 0.0895 e. The molecule has 0 saturated carbocycles. The highest BCUT2D eigenvalue weighted by Crippen LogP contribution is 2.26. The normalized spacial score (nSPS) is 12.9. The van der Waals surface area contributed by atoms with E-state index < -0.39 is 6.10 Å². The monoisotopic (exact) mass is 250 g/mol. The van der Waals surface area contributed by atoms with Crippen LogP contribution >= 0.6 is 27.3 Å². The first-order chi connectivity index (χ1) is 5.72. The number of nitrogens with one attached hydrogen (secondary N) is 1. The number of hydrogen-bond donors (Lipinski definition) is 3. The van der Waals surface area contributed by atoms with E-state index in [-0.39, 0.29) is 0 Å². The molecule has 1 atom stereocenters. The van der Waals surface area contributed by atoms with E-state index in [2.05, 4.69) is 21.2 Å². The molecule has 3 nitrogen and oxygen atoms in total. The molecule has 1 aromatic rings. The summed E-state index contributed by atoms with van der Waals surface area (Å²) in [7, 11) is 0. The lowest BCUT2D eigenvalue weighted by atomic mass is 10.3. The van der Waals surface area contributed by atoms with Gasteiger partial charge in [-0.3, -0.25) is 0 Å². The van der Waals surface area contributed by atoms with Gasteiger partial charge in [-0.2, -0.15) is 0 Å². The Balaban J connectivity index is 2.33. The van der Waals surface area contributed by atoms with E-state index in [0.29, 0.717) is 13.1 Å². The van der Waals surface area contributed by atoms with Gasteiger partial charge < -0.3 is 16.2 Å². The zero-order chi connectivity index (χ0) is 8.97. The molecule has 1 aromatic heterocycles. The van der Waals surface area contributed by atoms with Crippen molar-refractivity contribution in [1.29, 1.82) is 0 Å². The number of rotatable bonds is 4. The van der Waals surface area contributed by atoms with Crippen LogP contribution in [-0.2, 0) is 0 Å². The van der Waals surface area contributed by atoms with Gasteiger partial charge in [-0.15, -0.1) is 11.3 Å². The summed E-state index contributed by atoms with van der Waals surface area (Å²) < 4.78 is 1.08. The van der Waals surface area contributed by atoms with Crippen LogP contribution in [0.25, 0.3) is 0 Å². The van der Waals surface area contributed by atoms with Crippen LogP contribution < -0.4 is 11.1 Å². The number of nitrogens with two attached hydrogens (primary N) is 1. The molecular formula is C7H11BrN2OS. The molecule has 0 spiro atoms. The van der Waals surface area contributed by atoms with Crippen molar-refractivity contribution < 1.29 is 5.11 Å². The van der Waals surface area contributed by atoms with Crippen molar-refractivity contribution in [2.45, 2.75) is 6.10 Å². The maximum atomic E-state index is 9.13. The van der Waals surface area contributed by atoms with Crippen LogP contribution in [0, 0.1) is 0 Å². The van der Waals surface area contributed by atoms with E-state index >= 15 is 0 Å². The fraction of sp³-hybridized carbons (Fsp3) is 0.429. The number of thiophene rings is 1. The van der Waals surface area contributed by atoms with Crippen molar-refractivity contribution >= 4 is 32.3 Å². The minimum atomic E-state index is -0.467. The summed E-state index contributed by atoms with van der Waals surface area (Å²) in [6.45, 7) is 0.795. The number of hydrogen-bond acceptors (Lipinski definition) is 4. The van der Waals surface area contributed by atoms with Crippen molar-refractivity contribution in [3.8, 4) is 0 Å². The first-order valence-corrected chi connectivity index (χ1v) is 5.20. The molecule has 12 heavy (non-hydrogen) atoms. The number of anilines is 1. The molecule has 0 fully saturated rings. The lowest BCUT2D eigenvalue weighted by Gasteiger charge is -2.07. The fourth-order valence-corrected chi connectivity index (χ4v) is 2.00. The van der Waals surface area contributed by atoms with E-state index in [9.17, 15) is 0 Å². The Bertz CT molecular complexity index is 241. The third-order valence-corrected chi connectivity index (χ3v) is 2.94. The molecule has 1 unspecified atom stereocenters. The zero-order valence-corrected chi connectivity index (χ0v) is 8.86. The minimum Gasteiger partial charge on any atom is -0.390 e. The summed E-state index contributed by atoms with van der Waals surface area (Å²) in [5.74, 6) is 0. The third-order valence-electron chi connectivity index (χ3n) is 1.36. The van der Waals surface area contributed by atoms with Gasteiger partial charge in [0.1, 0.15) is 0 Å². The average molecular weight is 251 g/mol. The number of halogens is 1. The van der Waals surface area contributed by atoms with E-state index in [4.69, 9.17) is 10.8 Å². The van der Waals surface area contributed by atoms with Crippen LogP contribution in [-0.4, -0.2) is 24.3 Å². The minimum absolute atomic E-state index is 0.291. The SMILES string of the molecule is NCC(O)CNc1ccc(Br)s1. The van der Waals surface area contributed by atoms with Crippen LogP contribution in [0.1, 0.15) is 0 Å². The lowest BCUT2D eigenvalue weighted by Crippen LogP contribution is -2.27. The quantitative estimate of drug-likeness (QED) is 0.754. The maximum absolute atomic E-state index is 9.13. The molecule has 4 N–H and O–H groups in total. The Hall–Kier alpha value is -0.100. The van der Waals surface area contributed by atoms with Gasteiger partial charge in [-0.1, -0.05) is 0 Å². The standard InChI is InChI=1S/C7H11BrN2OS/c8-6-1-2-7(12-6)10-4-5(11)3-9/h1-2,5,10-11H,3-4,9H2. The molecule has 0 radical (unpaired) electrons. The fourth-order valence-electron chi connectivity index (χ4n) is 0.711. The molecule has 1 rings (SSSR count). The molecule has 0 aliphatic rings. The summed E-state index contributed by atoms with van der Waals surface area (Å²) in [5.41, 5.74) is 5.25. The van der Waals surface area contributed by atoms with Crippen molar-refractivity contribution in [3.05, 3.63) is 15.9 Å². The summed E-state index contributed by atoms with van der Waals surface area (Å²) in [6, 6.07) is 3.92. The van der Waals surface area contributed by atoms with E-state index in [0.717, 1.165) is 8.79 Å². The predicted molar refractivity (Wildman–Crippen MR) is 55.6 cm³/mol. The molecule has 68 valence electrons. The summed E-state index contributed by atoms with van der Waals surface area (Å²) in [6.07, 6.45) is -0.467. The van der Waals surface area contributed by atoms with Gasteiger partial charge in [-0.25, -0.2) is 0 Å². The van der Waals surface area contributed by atoms with Crippen molar-refractivity contribution in [3.63, 3.8) is 0 Å². The van der Waals surface area contributed by atoms with Crippen LogP contribution in [0.4, 0.5) is 5.00 Å². The highest BCUT2D eigenvalue weighted by molar-refractivity contribution is 9.11. The first kappa shape index (κ1) is 9.98. The van der Waals surface area contributed by atoms with Crippen LogP contribution in [0.3, 0.4) is 0 Å². The summed E-state index contributed by atoms with van der Waals surface area (Å²) >= 11 is 4.94. The van der Waals surface area contributed by atoms with Crippen LogP contribution in [0.5, 0.6) is 0 Å². The number of aliphatic hydroxyl groups excluding tert-OH is 1. The van der Waals surface area contributed by atoms with Gasteiger partial charge in [0.25, 0.3) is 0 Å². The molecule has 5 heteroatoms. The third kappa shape index (κ3) is 3.10. The average Bonchev–Trinajstić information content (AvgIpc) is 2.47. The van der Waals surface area contributed by atoms with Crippen LogP contribution in [0.2, 0.25) is 0 Å². The molecule has 0 saturated heterocycles. The van der Waals surface area contributed by atoms with Crippen molar-refractivity contribution in [2.24, 2.45) is 5.73 Å². The van der Waals surface area contributed by atoms with Gasteiger partial charge in [-0.05, 0) is 28.1 Å². The molecule has 0 aliphatic carbocycles. The second-order valence-electron chi connectivity index (χ2n) is 2.37. The zero-order valence-electron chi connectivity index (χ0n) is 6.46. The second-order valence-corrected chi connectivity index (χ2v) is 4.84. The Morgan fingerprint density at radius 3 is 2.92 bits per heavy atom. The van der Waals surface area contributed by atoms with E-state index in [1.165, 1.54) is 0 Å². The molecule has 0 bridgehead atoms. The Morgan fingerprint density at radius 1 is 1.67 bits per heavy atom. The largest absolute Gasteiger partial charge is 0.390 e.